The summed E-state index contributed by atoms with van der Waals surface area (Å²) >= 11 is 0. The zero-order valence-corrected chi connectivity index (χ0v) is 15.9. The van der Waals surface area contributed by atoms with E-state index in [9.17, 15) is 4.79 Å². The summed E-state index contributed by atoms with van der Waals surface area (Å²) in [5.41, 5.74) is 0.611. The lowest BCUT2D eigenvalue weighted by Gasteiger charge is -2.31. The molecule has 28 heavy (non-hydrogen) atoms. The molecule has 1 amide bonds. The molecule has 0 bridgehead atoms. The molecule has 3 heterocycles. The molecule has 0 radical (unpaired) electrons. The first-order valence-electron chi connectivity index (χ1n) is 9.89. The van der Waals surface area contributed by atoms with Crippen molar-refractivity contribution in [2.75, 3.05) is 20.2 Å². The fourth-order valence-corrected chi connectivity index (χ4v) is 3.98. The van der Waals surface area contributed by atoms with Crippen molar-refractivity contribution in [1.29, 1.82) is 0 Å². The lowest BCUT2D eigenvalue weighted by molar-refractivity contribution is 0.0638. The summed E-state index contributed by atoms with van der Waals surface area (Å²) < 4.78 is 16.6. The Morgan fingerprint density at radius 3 is 3.04 bits per heavy atom. The number of rotatable bonds is 5. The normalized spacial score (nSPS) is 19.9. The van der Waals surface area contributed by atoms with Crippen molar-refractivity contribution in [2.45, 2.75) is 38.0 Å². The van der Waals surface area contributed by atoms with Crippen LogP contribution < -0.4 is 4.74 Å². The largest absolute Gasteiger partial charge is 0.493 e. The van der Waals surface area contributed by atoms with Gasteiger partial charge in [-0.2, -0.15) is 4.98 Å². The molecule has 3 aromatic rings. The van der Waals surface area contributed by atoms with Crippen LogP contribution in [0.3, 0.4) is 0 Å². The van der Waals surface area contributed by atoms with Crippen LogP contribution in [0.1, 0.15) is 53.9 Å². The number of hydrogen-bond acceptors (Lipinski definition) is 6. The van der Waals surface area contributed by atoms with Crippen molar-refractivity contribution in [3.05, 3.63) is 41.7 Å². The SMILES string of the molecule is COc1cccc2cc(C(=O)N3CCCC(Cc4nc(C5CC5)no4)C3)oc12. The first-order valence-corrected chi connectivity index (χ1v) is 9.89. The number of amides is 1. The standard InChI is InChI=1S/C21H23N3O4/c1-26-16-6-2-5-15-11-17(27-19(15)16)21(25)24-9-3-4-13(12-24)10-18-22-20(23-28-18)14-7-8-14/h2,5-6,11,13-14H,3-4,7-10,12H2,1H3. The number of nitrogens with zero attached hydrogens (tertiary/aromatic N) is 3. The van der Waals surface area contributed by atoms with E-state index in [-0.39, 0.29) is 5.91 Å². The van der Waals surface area contributed by atoms with Crippen molar-refractivity contribution in [2.24, 2.45) is 5.92 Å². The summed E-state index contributed by atoms with van der Waals surface area (Å²) in [5, 5.41) is 4.96. The van der Waals surface area contributed by atoms with Gasteiger partial charge in [-0.25, -0.2) is 0 Å². The molecule has 1 aliphatic carbocycles. The highest BCUT2D eigenvalue weighted by molar-refractivity contribution is 5.97. The summed E-state index contributed by atoms with van der Waals surface area (Å²) in [7, 11) is 1.60. The highest BCUT2D eigenvalue weighted by atomic mass is 16.5. The van der Waals surface area contributed by atoms with Crippen molar-refractivity contribution >= 4 is 16.9 Å². The third kappa shape index (κ3) is 3.25. The maximum absolute atomic E-state index is 13.0. The quantitative estimate of drug-likeness (QED) is 0.669. The van der Waals surface area contributed by atoms with Crippen LogP contribution in [-0.2, 0) is 6.42 Å². The molecule has 1 aliphatic heterocycles. The fourth-order valence-electron chi connectivity index (χ4n) is 3.98. The van der Waals surface area contributed by atoms with E-state index < -0.39 is 0 Å². The Kier molecular flexibility index (Phi) is 4.30. The van der Waals surface area contributed by atoms with Gasteiger partial charge >= 0.3 is 0 Å². The predicted octanol–water partition coefficient (Wildman–Crippen LogP) is 3.80. The van der Waals surface area contributed by atoms with Gasteiger partial charge in [-0.1, -0.05) is 17.3 Å². The van der Waals surface area contributed by atoms with Gasteiger partial charge in [0, 0.05) is 30.8 Å². The van der Waals surface area contributed by atoms with Gasteiger partial charge in [0.1, 0.15) is 0 Å². The van der Waals surface area contributed by atoms with Crippen LogP contribution in [-0.4, -0.2) is 41.1 Å². The van der Waals surface area contributed by atoms with Gasteiger partial charge in [0.15, 0.2) is 22.9 Å². The highest BCUT2D eigenvalue weighted by Gasteiger charge is 2.31. The molecule has 1 unspecified atom stereocenters. The second kappa shape index (κ2) is 6.96. The van der Waals surface area contributed by atoms with Crippen molar-refractivity contribution in [3.8, 4) is 5.75 Å². The number of benzene rings is 1. The molecule has 7 heteroatoms. The molecule has 5 rings (SSSR count). The number of hydrogen-bond donors (Lipinski definition) is 0. The van der Waals surface area contributed by atoms with Crippen LogP contribution in [0, 0.1) is 5.92 Å². The van der Waals surface area contributed by atoms with E-state index in [1.54, 1.807) is 13.2 Å². The molecule has 0 N–H and O–H groups in total. The summed E-state index contributed by atoms with van der Waals surface area (Å²) in [6, 6.07) is 7.44. The first-order chi connectivity index (χ1) is 13.7. The number of aromatic nitrogens is 2. The Morgan fingerprint density at radius 2 is 2.21 bits per heavy atom. The van der Waals surface area contributed by atoms with Gasteiger partial charge in [0.25, 0.3) is 5.91 Å². The number of furan rings is 1. The van der Waals surface area contributed by atoms with E-state index in [1.807, 2.05) is 23.1 Å². The minimum Gasteiger partial charge on any atom is -0.493 e. The van der Waals surface area contributed by atoms with E-state index in [2.05, 4.69) is 10.1 Å². The number of carbonyl (C=O) groups is 1. The summed E-state index contributed by atoms with van der Waals surface area (Å²) in [6.45, 7) is 1.41. The first kappa shape index (κ1) is 17.3. The van der Waals surface area contributed by atoms with Gasteiger partial charge in [0.2, 0.25) is 5.89 Å². The molecule has 1 atom stereocenters. The Bertz CT molecular complexity index is 1000. The van der Waals surface area contributed by atoms with Crippen LogP contribution >= 0.6 is 0 Å². The minimum absolute atomic E-state index is 0.0767. The number of carbonyl (C=O) groups excluding carboxylic acids is 1. The number of fused-ring (bicyclic) bond motifs is 1. The van der Waals surface area contributed by atoms with Gasteiger partial charge in [0.05, 0.1) is 7.11 Å². The lowest BCUT2D eigenvalue weighted by Crippen LogP contribution is -2.40. The van der Waals surface area contributed by atoms with Crippen molar-refractivity contribution in [3.63, 3.8) is 0 Å². The van der Waals surface area contributed by atoms with E-state index >= 15 is 0 Å². The molecule has 2 aliphatic rings. The van der Waals surface area contributed by atoms with E-state index in [0.29, 0.717) is 41.4 Å². The molecule has 7 nitrogen and oxygen atoms in total. The second-order valence-corrected chi connectivity index (χ2v) is 7.77. The zero-order valence-electron chi connectivity index (χ0n) is 15.9. The maximum atomic E-state index is 13.0. The molecule has 2 fully saturated rings. The zero-order chi connectivity index (χ0) is 19.1. The molecule has 1 aromatic carbocycles. The maximum Gasteiger partial charge on any atom is 0.289 e. The number of methoxy groups -OCH3 is 1. The third-order valence-electron chi connectivity index (χ3n) is 5.63. The summed E-state index contributed by atoms with van der Waals surface area (Å²) in [5.74, 6) is 3.26. The van der Waals surface area contributed by atoms with Crippen LogP contribution in [0.25, 0.3) is 11.0 Å². The highest BCUT2D eigenvalue weighted by Crippen LogP contribution is 2.38. The molecular weight excluding hydrogens is 358 g/mol. The van der Waals surface area contributed by atoms with Gasteiger partial charge in [-0.05, 0) is 43.7 Å². The van der Waals surface area contributed by atoms with Crippen LogP contribution in [0.15, 0.2) is 33.2 Å². The third-order valence-corrected chi connectivity index (χ3v) is 5.63. The molecular formula is C21H23N3O4. The molecule has 146 valence electrons. The Hall–Kier alpha value is -2.83. The van der Waals surface area contributed by atoms with Crippen LogP contribution in [0.5, 0.6) is 5.75 Å². The van der Waals surface area contributed by atoms with Crippen molar-refractivity contribution in [1.82, 2.24) is 15.0 Å². The minimum atomic E-state index is -0.0767. The summed E-state index contributed by atoms with van der Waals surface area (Å²) in [4.78, 5) is 19.4. The van der Waals surface area contributed by atoms with Gasteiger partial charge in [-0.3, -0.25) is 4.79 Å². The van der Waals surface area contributed by atoms with E-state index in [4.69, 9.17) is 13.7 Å². The molecule has 2 aromatic heterocycles. The monoisotopic (exact) mass is 381 g/mol. The predicted molar refractivity (Wildman–Crippen MR) is 101 cm³/mol. The van der Waals surface area contributed by atoms with Gasteiger partial charge < -0.3 is 18.6 Å². The number of piperidine rings is 1. The van der Waals surface area contributed by atoms with Crippen LogP contribution in [0.4, 0.5) is 0 Å². The number of ether oxygens (including phenoxy) is 1. The number of likely N-dealkylation sites (tertiary alicyclic amines) is 1. The Morgan fingerprint density at radius 1 is 1.32 bits per heavy atom. The average molecular weight is 381 g/mol. The van der Waals surface area contributed by atoms with E-state index in [0.717, 1.165) is 49.9 Å². The van der Waals surface area contributed by atoms with Crippen molar-refractivity contribution < 1.29 is 18.5 Å². The topological polar surface area (TPSA) is 81.6 Å². The van der Waals surface area contributed by atoms with Crippen LogP contribution in [0.2, 0.25) is 0 Å². The molecule has 1 saturated carbocycles. The Labute approximate surface area is 162 Å². The average Bonchev–Trinajstić information content (AvgIpc) is 3.31. The molecule has 1 saturated heterocycles. The fraction of sp³-hybridized carbons (Fsp3) is 0.476. The molecule has 0 spiro atoms. The number of para-hydroxylation sites is 1. The van der Waals surface area contributed by atoms with E-state index in [1.165, 1.54) is 0 Å². The van der Waals surface area contributed by atoms with Gasteiger partial charge in [-0.15, -0.1) is 0 Å². The second-order valence-electron chi connectivity index (χ2n) is 7.77. The lowest BCUT2D eigenvalue weighted by atomic mass is 9.94. The Balaban J connectivity index is 1.29. The summed E-state index contributed by atoms with van der Waals surface area (Å²) in [6.07, 6.45) is 5.06. The smallest absolute Gasteiger partial charge is 0.289 e.